The van der Waals surface area contributed by atoms with Crippen LogP contribution in [0.2, 0.25) is 5.02 Å². The number of aliphatic hydroxyl groups is 2. The van der Waals surface area contributed by atoms with E-state index in [1.807, 2.05) is 0 Å². The van der Waals surface area contributed by atoms with Crippen molar-refractivity contribution in [2.75, 3.05) is 6.61 Å². The van der Waals surface area contributed by atoms with Gasteiger partial charge in [-0.15, -0.1) is 0 Å². The Bertz CT molecular complexity index is 291. The molecule has 0 heterocycles. The first-order valence-electron chi connectivity index (χ1n) is 3.89. The summed E-state index contributed by atoms with van der Waals surface area (Å²) in [5.74, 6) is 0. The molecule has 1 unspecified atom stereocenters. The number of hydrogen-bond donors (Lipinski definition) is 2. The predicted octanol–water partition coefficient (Wildman–Crippen LogP) is 2.52. The van der Waals surface area contributed by atoms with E-state index in [9.17, 15) is 5.11 Å². The lowest BCUT2D eigenvalue weighted by molar-refractivity contribution is 0.134. The van der Waals surface area contributed by atoms with Crippen LogP contribution < -0.4 is 0 Å². The van der Waals surface area contributed by atoms with Gasteiger partial charge in [-0.1, -0.05) is 27.5 Å². The first-order valence-corrected chi connectivity index (χ1v) is 5.06. The van der Waals surface area contributed by atoms with Crippen molar-refractivity contribution in [1.29, 1.82) is 0 Å². The van der Waals surface area contributed by atoms with E-state index in [0.717, 1.165) is 4.47 Å². The molecule has 0 aromatic heterocycles. The molecule has 0 radical (unpaired) electrons. The Hall–Kier alpha value is -0.0900. The molecular formula is C9H10BrClO2. The molecule has 0 spiro atoms. The third-order valence-electron chi connectivity index (χ3n) is 1.72. The molecule has 0 aliphatic heterocycles. The van der Waals surface area contributed by atoms with E-state index in [4.69, 9.17) is 16.7 Å². The summed E-state index contributed by atoms with van der Waals surface area (Å²) in [4.78, 5) is 0. The fourth-order valence-corrected chi connectivity index (χ4v) is 1.67. The second-order valence-corrected chi connectivity index (χ2v) is 4.02. The van der Waals surface area contributed by atoms with E-state index in [-0.39, 0.29) is 6.61 Å². The molecule has 0 bridgehead atoms. The van der Waals surface area contributed by atoms with Crippen LogP contribution in [0, 0.1) is 0 Å². The average molecular weight is 266 g/mol. The Labute approximate surface area is 90.3 Å². The zero-order valence-electron chi connectivity index (χ0n) is 6.87. The van der Waals surface area contributed by atoms with Crippen LogP contribution in [0.3, 0.4) is 0 Å². The van der Waals surface area contributed by atoms with Gasteiger partial charge in [0.25, 0.3) is 0 Å². The van der Waals surface area contributed by atoms with Crippen molar-refractivity contribution in [3.8, 4) is 0 Å². The zero-order chi connectivity index (χ0) is 9.84. The minimum absolute atomic E-state index is 0.0516. The number of aliphatic hydroxyl groups excluding tert-OH is 2. The van der Waals surface area contributed by atoms with Gasteiger partial charge in [0.05, 0.1) is 6.10 Å². The van der Waals surface area contributed by atoms with Gasteiger partial charge in [-0.25, -0.2) is 0 Å². The summed E-state index contributed by atoms with van der Waals surface area (Å²) >= 11 is 9.15. The molecule has 0 saturated heterocycles. The third kappa shape index (κ3) is 2.95. The Morgan fingerprint density at radius 3 is 2.77 bits per heavy atom. The number of hydrogen-bond acceptors (Lipinski definition) is 2. The molecule has 1 aromatic carbocycles. The van der Waals surface area contributed by atoms with Crippen molar-refractivity contribution < 1.29 is 10.2 Å². The molecule has 0 aliphatic rings. The Balaban J connectivity index is 2.91. The summed E-state index contributed by atoms with van der Waals surface area (Å²) in [5.41, 5.74) is 0.644. The Morgan fingerprint density at radius 2 is 2.15 bits per heavy atom. The molecule has 4 heteroatoms. The molecule has 13 heavy (non-hydrogen) atoms. The van der Waals surface area contributed by atoms with Crippen LogP contribution in [0.1, 0.15) is 18.1 Å². The quantitative estimate of drug-likeness (QED) is 0.882. The summed E-state index contributed by atoms with van der Waals surface area (Å²) in [6.07, 6.45) is -0.397. The van der Waals surface area contributed by atoms with Gasteiger partial charge in [-0.2, -0.15) is 0 Å². The van der Waals surface area contributed by atoms with Crippen molar-refractivity contribution in [2.24, 2.45) is 0 Å². The van der Waals surface area contributed by atoms with Gasteiger partial charge in [0, 0.05) is 28.1 Å². The molecule has 2 nitrogen and oxygen atoms in total. The van der Waals surface area contributed by atoms with Crippen molar-refractivity contribution >= 4 is 27.5 Å². The van der Waals surface area contributed by atoms with Gasteiger partial charge >= 0.3 is 0 Å². The van der Waals surface area contributed by atoms with E-state index in [1.165, 1.54) is 0 Å². The summed E-state index contributed by atoms with van der Waals surface area (Å²) in [5, 5.41) is 18.7. The minimum atomic E-state index is -0.699. The highest BCUT2D eigenvalue weighted by atomic mass is 79.9. The van der Waals surface area contributed by atoms with Crippen LogP contribution in [0.4, 0.5) is 0 Å². The molecule has 1 aromatic rings. The standard InChI is InChI=1S/C9H10BrClO2/c10-6-1-2-8(11)7(5-6)9(13)3-4-12/h1-2,5,9,12-13H,3-4H2. The SMILES string of the molecule is OCCC(O)c1cc(Br)ccc1Cl. The van der Waals surface area contributed by atoms with E-state index < -0.39 is 6.10 Å². The number of halogens is 2. The highest BCUT2D eigenvalue weighted by Crippen LogP contribution is 2.27. The maximum Gasteiger partial charge on any atom is 0.0826 e. The van der Waals surface area contributed by atoms with Crippen LogP contribution in [0.15, 0.2) is 22.7 Å². The predicted molar refractivity (Wildman–Crippen MR) is 55.8 cm³/mol. The molecular weight excluding hydrogens is 255 g/mol. The van der Waals surface area contributed by atoms with Gasteiger partial charge < -0.3 is 10.2 Å². The fourth-order valence-electron chi connectivity index (χ4n) is 1.05. The lowest BCUT2D eigenvalue weighted by Gasteiger charge is -2.11. The summed E-state index contributed by atoms with van der Waals surface area (Å²) in [6, 6.07) is 5.27. The van der Waals surface area contributed by atoms with Gasteiger partial charge in [0.1, 0.15) is 0 Å². The van der Waals surface area contributed by atoms with Gasteiger partial charge in [-0.3, -0.25) is 0 Å². The molecule has 0 aliphatic carbocycles. The fraction of sp³-hybridized carbons (Fsp3) is 0.333. The molecule has 2 N–H and O–H groups in total. The lowest BCUT2D eigenvalue weighted by atomic mass is 10.1. The second kappa shape index (κ2) is 4.96. The van der Waals surface area contributed by atoms with Gasteiger partial charge in [0.2, 0.25) is 0 Å². The monoisotopic (exact) mass is 264 g/mol. The van der Waals surface area contributed by atoms with Crippen molar-refractivity contribution in [3.05, 3.63) is 33.3 Å². The van der Waals surface area contributed by atoms with Crippen molar-refractivity contribution in [2.45, 2.75) is 12.5 Å². The Kier molecular flexibility index (Phi) is 4.19. The first-order chi connectivity index (χ1) is 6.15. The number of benzene rings is 1. The summed E-state index contributed by atoms with van der Waals surface area (Å²) in [7, 11) is 0. The highest BCUT2D eigenvalue weighted by molar-refractivity contribution is 9.10. The molecule has 1 rings (SSSR count). The smallest absolute Gasteiger partial charge is 0.0826 e. The second-order valence-electron chi connectivity index (χ2n) is 2.69. The van der Waals surface area contributed by atoms with Crippen LogP contribution in [0.25, 0.3) is 0 Å². The lowest BCUT2D eigenvalue weighted by Crippen LogP contribution is -2.00. The van der Waals surface area contributed by atoms with Crippen LogP contribution >= 0.6 is 27.5 Å². The van der Waals surface area contributed by atoms with Gasteiger partial charge in [-0.05, 0) is 18.2 Å². The van der Waals surface area contributed by atoms with Crippen molar-refractivity contribution in [3.63, 3.8) is 0 Å². The summed E-state index contributed by atoms with van der Waals surface area (Å²) < 4.78 is 0.865. The van der Waals surface area contributed by atoms with E-state index >= 15 is 0 Å². The first kappa shape index (κ1) is 11.0. The van der Waals surface area contributed by atoms with Crippen molar-refractivity contribution in [1.82, 2.24) is 0 Å². The maximum atomic E-state index is 9.56. The normalized spacial score (nSPS) is 12.9. The maximum absolute atomic E-state index is 9.56. The minimum Gasteiger partial charge on any atom is -0.396 e. The van der Waals surface area contributed by atoms with Gasteiger partial charge in [0.15, 0.2) is 0 Å². The molecule has 72 valence electrons. The third-order valence-corrected chi connectivity index (χ3v) is 2.56. The average Bonchev–Trinajstić information content (AvgIpc) is 2.09. The largest absolute Gasteiger partial charge is 0.396 e. The van der Waals surface area contributed by atoms with E-state index in [0.29, 0.717) is 17.0 Å². The highest BCUT2D eigenvalue weighted by Gasteiger charge is 2.10. The van der Waals surface area contributed by atoms with Crippen LogP contribution in [-0.2, 0) is 0 Å². The molecule has 0 fully saturated rings. The van der Waals surface area contributed by atoms with Crippen LogP contribution in [-0.4, -0.2) is 16.8 Å². The molecule has 1 atom stereocenters. The van der Waals surface area contributed by atoms with Crippen LogP contribution in [0.5, 0.6) is 0 Å². The number of rotatable bonds is 3. The topological polar surface area (TPSA) is 40.5 Å². The van der Waals surface area contributed by atoms with E-state index in [1.54, 1.807) is 18.2 Å². The summed E-state index contributed by atoms with van der Waals surface area (Å²) in [6.45, 7) is -0.0516. The zero-order valence-corrected chi connectivity index (χ0v) is 9.22. The van der Waals surface area contributed by atoms with E-state index in [2.05, 4.69) is 15.9 Å². The molecule has 0 amide bonds. The molecule has 0 saturated carbocycles. The Morgan fingerprint density at radius 1 is 1.46 bits per heavy atom.